The van der Waals surface area contributed by atoms with Crippen molar-refractivity contribution in [1.29, 1.82) is 0 Å². The maximum absolute atomic E-state index is 12.3. The smallest absolute Gasteiger partial charge is 0.306 e. The molecule has 0 aromatic heterocycles. The maximum Gasteiger partial charge on any atom is 0.306 e. The Kier molecular flexibility index (Phi) is 6.01. The minimum absolute atomic E-state index is 0.0852. The van der Waals surface area contributed by atoms with Crippen LogP contribution in [0, 0.1) is 11.8 Å². The predicted octanol–water partition coefficient (Wildman–Crippen LogP) is 1.59. The number of hydrogen-bond donors (Lipinski definition) is 2. The molecule has 1 saturated carbocycles. The van der Waals surface area contributed by atoms with Crippen LogP contribution in [0.2, 0.25) is 0 Å². The molecule has 0 amide bonds. The van der Waals surface area contributed by atoms with Crippen molar-refractivity contribution >= 4 is 16.2 Å². The molecular formula is C14H26N2O4S. The normalized spacial score (nSPS) is 29.0. The fraction of sp³-hybridized carbons (Fsp3) is 0.929. The molecule has 2 aliphatic rings. The molecule has 2 unspecified atom stereocenters. The highest BCUT2D eigenvalue weighted by Crippen LogP contribution is 2.30. The van der Waals surface area contributed by atoms with Gasteiger partial charge in [0.2, 0.25) is 0 Å². The summed E-state index contributed by atoms with van der Waals surface area (Å²) in [6.07, 6.45) is 7.33. The van der Waals surface area contributed by atoms with Gasteiger partial charge in [0.05, 0.1) is 5.92 Å². The molecule has 6 nitrogen and oxygen atoms in total. The zero-order valence-corrected chi connectivity index (χ0v) is 13.3. The zero-order valence-electron chi connectivity index (χ0n) is 12.5. The van der Waals surface area contributed by atoms with Gasteiger partial charge in [-0.2, -0.15) is 12.7 Å². The van der Waals surface area contributed by atoms with Gasteiger partial charge < -0.3 is 5.11 Å². The van der Waals surface area contributed by atoms with E-state index in [-0.39, 0.29) is 12.5 Å². The number of carboxylic acid groups (broad SMARTS) is 1. The number of nitrogens with one attached hydrogen (secondary N) is 1. The Morgan fingerprint density at radius 2 is 1.67 bits per heavy atom. The second-order valence-corrected chi connectivity index (χ2v) is 7.91. The van der Waals surface area contributed by atoms with Gasteiger partial charge in [0, 0.05) is 19.6 Å². The van der Waals surface area contributed by atoms with E-state index in [2.05, 4.69) is 4.72 Å². The van der Waals surface area contributed by atoms with Gasteiger partial charge in [-0.15, -0.1) is 0 Å². The minimum Gasteiger partial charge on any atom is -0.481 e. The Balaban J connectivity index is 1.91. The van der Waals surface area contributed by atoms with E-state index in [1.165, 1.54) is 4.31 Å². The number of nitrogens with zero attached hydrogens (tertiary/aromatic N) is 1. The third-order valence-corrected chi connectivity index (χ3v) is 6.24. The van der Waals surface area contributed by atoms with Gasteiger partial charge in [-0.3, -0.25) is 4.79 Å². The highest BCUT2D eigenvalue weighted by Gasteiger charge is 2.32. The van der Waals surface area contributed by atoms with Gasteiger partial charge in [-0.05, 0) is 31.6 Å². The molecule has 0 aromatic rings. The highest BCUT2D eigenvalue weighted by atomic mass is 32.2. The molecule has 2 N–H and O–H groups in total. The molecule has 1 saturated heterocycles. The van der Waals surface area contributed by atoms with Crippen LogP contribution in [0.1, 0.15) is 51.4 Å². The summed E-state index contributed by atoms with van der Waals surface area (Å²) in [5.41, 5.74) is 0. The van der Waals surface area contributed by atoms with Crippen LogP contribution in [0.25, 0.3) is 0 Å². The molecule has 1 aliphatic heterocycles. The lowest BCUT2D eigenvalue weighted by atomic mass is 9.79. The third kappa shape index (κ3) is 4.66. The lowest BCUT2D eigenvalue weighted by molar-refractivity contribution is -0.144. The third-order valence-electron chi connectivity index (χ3n) is 4.66. The topological polar surface area (TPSA) is 86.7 Å². The van der Waals surface area contributed by atoms with Crippen LogP contribution < -0.4 is 4.72 Å². The van der Waals surface area contributed by atoms with E-state index in [4.69, 9.17) is 0 Å². The van der Waals surface area contributed by atoms with Crippen LogP contribution in [0.15, 0.2) is 0 Å². The van der Waals surface area contributed by atoms with Crippen molar-refractivity contribution in [2.45, 2.75) is 51.4 Å². The molecule has 21 heavy (non-hydrogen) atoms. The lowest BCUT2D eigenvalue weighted by Gasteiger charge is -2.29. The fourth-order valence-corrected chi connectivity index (χ4v) is 4.71. The Morgan fingerprint density at radius 1 is 1.05 bits per heavy atom. The monoisotopic (exact) mass is 318 g/mol. The fourth-order valence-electron chi connectivity index (χ4n) is 3.36. The molecule has 2 fully saturated rings. The van der Waals surface area contributed by atoms with Crippen molar-refractivity contribution in [1.82, 2.24) is 9.03 Å². The van der Waals surface area contributed by atoms with Crippen molar-refractivity contribution in [2.75, 3.05) is 19.6 Å². The van der Waals surface area contributed by atoms with E-state index < -0.39 is 22.1 Å². The van der Waals surface area contributed by atoms with E-state index in [1.807, 2.05) is 0 Å². The second kappa shape index (κ2) is 7.56. The van der Waals surface area contributed by atoms with E-state index in [1.54, 1.807) is 0 Å². The van der Waals surface area contributed by atoms with Crippen molar-refractivity contribution in [3.8, 4) is 0 Å². The molecule has 0 aromatic carbocycles. The van der Waals surface area contributed by atoms with Gasteiger partial charge in [0.15, 0.2) is 0 Å². The van der Waals surface area contributed by atoms with E-state index in [9.17, 15) is 18.3 Å². The summed E-state index contributed by atoms with van der Waals surface area (Å²) >= 11 is 0. The van der Waals surface area contributed by atoms with E-state index in [0.29, 0.717) is 19.5 Å². The molecule has 0 bridgehead atoms. The molecule has 2 rings (SSSR count). The Labute approximate surface area is 127 Å². The lowest BCUT2D eigenvalue weighted by Crippen LogP contribution is -2.45. The van der Waals surface area contributed by atoms with Crippen molar-refractivity contribution in [2.24, 2.45) is 11.8 Å². The first-order valence-corrected chi connectivity index (χ1v) is 9.42. The standard InChI is InChI=1S/C14H26N2O4S/c17-14(18)13-8-4-3-7-12(13)11-15-21(19,20)16-9-5-1-2-6-10-16/h12-13,15H,1-11H2,(H,17,18). The van der Waals surface area contributed by atoms with E-state index >= 15 is 0 Å². The maximum atomic E-state index is 12.3. The molecule has 122 valence electrons. The summed E-state index contributed by atoms with van der Waals surface area (Å²) in [5.74, 6) is -1.29. The average Bonchev–Trinajstić information content (AvgIpc) is 2.75. The molecule has 0 radical (unpaired) electrons. The van der Waals surface area contributed by atoms with Gasteiger partial charge in [0.25, 0.3) is 10.2 Å². The molecule has 7 heteroatoms. The van der Waals surface area contributed by atoms with Crippen molar-refractivity contribution < 1.29 is 18.3 Å². The summed E-state index contributed by atoms with van der Waals surface area (Å²) in [6, 6.07) is 0. The first kappa shape index (κ1) is 16.7. The van der Waals surface area contributed by atoms with Crippen LogP contribution in [0.5, 0.6) is 0 Å². The van der Waals surface area contributed by atoms with Gasteiger partial charge >= 0.3 is 5.97 Å². The van der Waals surface area contributed by atoms with Gasteiger partial charge in [-0.25, -0.2) is 4.72 Å². The Bertz CT molecular complexity index is 444. The number of carbonyl (C=O) groups is 1. The minimum atomic E-state index is -3.46. The number of carboxylic acids is 1. The SMILES string of the molecule is O=C(O)C1CCCCC1CNS(=O)(=O)N1CCCCCC1. The average molecular weight is 318 g/mol. The summed E-state index contributed by atoms with van der Waals surface area (Å²) < 4.78 is 28.8. The molecular weight excluding hydrogens is 292 g/mol. The molecule has 1 aliphatic carbocycles. The summed E-state index contributed by atoms with van der Waals surface area (Å²) in [5, 5.41) is 9.24. The second-order valence-electron chi connectivity index (χ2n) is 6.16. The van der Waals surface area contributed by atoms with Crippen molar-refractivity contribution in [3.63, 3.8) is 0 Å². The zero-order chi connectivity index (χ0) is 15.3. The summed E-state index contributed by atoms with van der Waals surface area (Å²) in [7, 11) is -3.46. The molecule has 0 spiro atoms. The van der Waals surface area contributed by atoms with Gasteiger partial charge in [0.1, 0.15) is 0 Å². The quantitative estimate of drug-likeness (QED) is 0.806. The molecule has 1 heterocycles. The van der Waals surface area contributed by atoms with E-state index in [0.717, 1.165) is 44.9 Å². The van der Waals surface area contributed by atoms with Crippen LogP contribution in [-0.4, -0.2) is 43.4 Å². The summed E-state index contributed by atoms with van der Waals surface area (Å²) in [6.45, 7) is 1.39. The largest absolute Gasteiger partial charge is 0.481 e. The van der Waals surface area contributed by atoms with Gasteiger partial charge in [-0.1, -0.05) is 25.7 Å². The first-order valence-electron chi connectivity index (χ1n) is 7.98. The number of hydrogen-bond acceptors (Lipinski definition) is 3. The molecule has 2 atom stereocenters. The van der Waals surface area contributed by atoms with Crippen LogP contribution in [0.3, 0.4) is 0 Å². The first-order chi connectivity index (χ1) is 10.0. The Hall–Kier alpha value is -0.660. The van der Waals surface area contributed by atoms with Crippen molar-refractivity contribution in [3.05, 3.63) is 0 Å². The van der Waals surface area contributed by atoms with Crippen LogP contribution >= 0.6 is 0 Å². The number of rotatable bonds is 5. The highest BCUT2D eigenvalue weighted by molar-refractivity contribution is 7.87. The Morgan fingerprint density at radius 3 is 2.29 bits per heavy atom. The van der Waals surface area contributed by atoms with Crippen LogP contribution in [0.4, 0.5) is 0 Å². The van der Waals surface area contributed by atoms with Crippen LogP contribution in [-0.2, 0) is 15.0 Å². The number of aliphatic carboxylic acids is 1. The summed E-state index contributed by atoms with van der Waals surface area (Å²) in [4.78, 5) is 11.2. The predicted molar refractivity (Wildman–Crippen MR) is 80.0 cm³/mol.